The number of hydrogen-bond acceptors (Lipinski definition) is 4. The van der Waals surface area contributed by atoms with Crippen LogP contribution in [-0.4, -0.2) is 28.4 Å². The molecule has 0 aliphatic carbocycles. The lowest BCUT2D eigenvalue weighted by Gasteiger charge is -2.05. The third-order valence-corrected chi connectivity index (χ3v) is 3.08. The Hall–Kier alpha value is -1.07. The van der Waals surface area contributed by atoms with Crippen LogP contribution in [0.1, 0.15) is 25.3 Å². The molecule has 0 spiro atoms. The Bertz CT molecular complexity index is 358. The SMILES string of the molecule is CCCC(=O)Nc1cc(CSCCO)ccn1. The first-order chi connectivity index (χ1) is 8.26. The number of aliphatic hydroxyl groups excluding tert-OH is 1. The number of amides is 1. The molecule has 1 aromatic heterocycles. The minimum atomic E-state index is 0.000149. The summed E-state index contributed by atoms with van der Waals surface area (Å²) in [7, 11) is 0. The number of rotatable bonds is 7. The van der Waals surface area contributed by atoms with E-state index in [9.17, 15) is 4.79 Å². The van der Waals surface area contributed by atoms with Crippen LogP contribution in [0.25, 0.3) is 0 Å². The van der Waals surface area contributed by atoms with Crippen LogP contribution in [0.15, 0.2) is 18.3 Å². The summed E-state index contributed by atoms with van der Waals surface area (Å²) >= 11 is 1.65. The molecule has 0 saturated carbocycles. The summed E-state index contributed by atoms with van der Waals surface area (Å²) in [5.74, 6) is 2.14. The monoisotopic (exact) mass is 254 g/mol. The Balaban J connectivity index is 2.50. The van der Waals surface area contributed by atoms with Crippen LogP contribution in [0, 0.1) is 0 Å². The van der Waals surface area contributed by atoms with Crippen LogP contribution in [0.5, 0.6) is 0 Å². The molecule has 1 aromatic rings. The number of hydrogen-bond donors (Lipinski definition) is 2. The average molecular weight is 254 g/mol. The molecule has 0 aliphatic heterocycles. The molecule has 0 unspecified atom stereocenters. The van der Waals surface area contributed by atoms with Gasteiger partial charge in [0.1, 0.15) is 5.82 Å². The quantitative estimate of drug-likeness (QED) is 0.731. The molecule has 1 amide bonds. The standard InChI is InChI=1S/C12H18N2O2S/c1-2-3-12(16)14-11-8-10(4-5-13-11)9-17-7-6-15/h4-5,8,15H,2-3,6-7,9H2,1H3,(H,13,14,16). The highest BCUT2D eigenvalue weighted by atomic mass is 32.2. The van der Waals surface area contributed by atoms with Crippen molar-refractivity contribution in [3.63, 3.8) is 0 Å². The van der Waals surface area contributed by atoms with Crippen molar-refractivity contribution in [3.8, 4) is 0 Å². The van der Waals surface area contributed by atoms with Gasteiger partial charge in [0.15, 0.2) is 0 Å². The summed E-state index contributed by atoms with van der Waals surface area (Å²) in [6, 6.07) is 3.79. The molecule has 0 atom stereocenters. The average Bonchev–Trinajstić information content (AvgIpc) is 2.30. The maximum Gasteiger partial charge on any atom is 0.225 e. The Kier molecular flexibility index (Phi) is 6.65. The predicted molar refractivity (Wildman–Crippen MR) is 71.0 cm³/mol. The van der Waals surface area contributed by atoms with E-state index in [0.29, 0.717) is 12.2 Å². The lowest BCUT2D eigenvalue weighted by molar-refractivity contribution is -0.116. The molecular formula is C12H18N2O2S. The molecule has 0 radical (unpaired) electrons. The second kappa shape index (κ2) is 8.08. The first-order valence-corrected chi connectivity index (χ1v) is 6.85. The van der Waals surface area contributed by atoms with Crippen molar-refractivity contribution in [2.45, 2.75) is 25.5 Å². The molecule has 5 heteroatoms. The fraction of sp³-hybridized carbons (Fsp3) is 0.500. The maximum atomic E-state index is 11.4. The highest BCUT2D eigenvalue weighted by Gasteiger charge is 2.02. The second-order valence-corrected chi connectivity index (χ2v) is 4.73. The van der Waals surface area contributed by atoms with Crippen molar-refractivity contribution in [2.24, 2.45) is 0 Å². The van der Waals surface area contributed by atoms with Gasteiger partial charge in [-0.1, -0.05) is 6.92 Å². The topological polar surface area (TPSA) is 62.2 Å². The van der Waals surface area contributed by atoms with E-state index >= 15 is 0 Å². The molecule has 0 aromatic carbocycles. The Morgan fingerprint density at radius 1 is 1.59 bits per heavy atom. The smallest absolute Gasteiger partial charge is 0.225 e. The van der Waals surface area contributed by atoms with Gasteiger partial charge in [0.25, 0.3) is 0 Å². The summed E-state index contributed by atoms with van der Waals surface area (Å²) in [6.07, 6.45) is 3.04. The summed E-state index contributed by atoms with van der Waals surface area (Å²) in [5.41, 5.74) is 1.10. The summed E-state index contributed by atoms with van der Waals surface area (Å²) in [4.78, 5) is 15.5. The summed E-state index contributed by atoms with van der Waals surface area (Å²) < 4.78 is 0. The molecule has 0 aliphatic rings. The Morgan fingerprint density at radius 2 is 2.41 bits per heavy atom. The van der Waals surface area contributed by atoms with E-state index in [4.69, 9.17) is 5.11 Å². The van der Waals surface area contributed by atoms with Gasteiger partial charge in [-0.3, -0.25) is 4.79 Å². The van der Waals surface area contributed by atoms with Gasteiger partial charge in [0.05, 0.1) is 6.61 Å². The van der Waals surface area contributed by atoms with Crippen LogP contribution in [0.4, 0.5) is 5.82 Å². The maximum absolute atomic E-state index is 11.4. The zero-order valence-electron chi connectivity index (χ0n) is 9.98. The van der Waals surface area contributed by atoms with Gasteiger partial charge < -0.3 is 10.4 Å². The normalized spacial score (nSPS) is 10.2. The highest BCUT2D eigenvalue weighted by molar-refractivity contribution is 7.98. The number of aliphatic hydroxyl groups is 1. The van der Waals surface area contributed by atoms with Crippen LogP contribution in [0.3, 0.4) is 0 Å². The lowest BCUT2D eigenvalue weighted by Crippen LogP contribution is -2.11. The van der Waals surface area contributed by atoms with E-state index in [2.05, 4.69) is 10.3 Å². The number of anilines is 1. The zero-order valence-corrected chi connectivity index (χ0v) is 10.8. The van der Waals surface area contributed by atoms with E-state index < -0.39 is 0 Å². The summed E-state index contributed by atoms with van der Waals surface area (Å²) in [5, 5.41) is 11.5. The zero-order chi connectivity index (χ0) is 12.5. The van der Waals surface area contributed by atoms with Gasteiger partial charge in [-0.25, -0.2) is 4.98 Å². The van der Waals surface area contributed by atoms with Gasteiger partial charge in [-0.2, -0.15) is 11.8 Å². The van der Waals surface area contributed by atoms with Gasteiger partial charge in [0.2, 0.25) is 5.91 Å². The van der Waals surface area contributed by atoms with E-state index in [1.165, 1.54) is 0 Å². The first kappa shape index (κ1) is 14.0. The van der Waals surface area contributed by atoms with E-state index in [-0.39, 0.29) is 12.5 Å². The molecule has 0 saturated heterocycles. The number of nitrogens with zero attached hydrogens (tertiary/aromatic N) is 1. The number of thioether (sulfide) groups is 1. The number of pyridine rings is 1. The van der Waals surface area contributed by atoms with Crippen LogP contribution >= 0.6 is 11.8 Å². The van der Waals surface area contributed by atoms with Gasteiger partial charge in [-0.05, 0) is 24.1 Å². The fourth-order valence-electron chi connectivity index (χ4n) is 1.32. The van der Waals surface area contributed by atoms with Crippen molar-refractivity contribution in [3.05, 3.63) is 23.9 Å². The lowest BCUT2D eigenvalue weighted by atomic mass is 10.3. The van der Waals surface area contributed by atoms with Gasteiger partial charge >= 0.3 is 0 Å². The third kappa shape index (κ3) is 5.70. The first-order valence-electron chi connectivity index (χ1n) is 5.69. The molecule has 1 heterocycles. The van der Waals surface area contributed by atoms with Crippen LogP contribution < -0.4 is 5.32 Å². The molecule has 0 fully saturated rings. The fourth-order valence-corrected chi connectivity index (χ4v) is 2.01. The minimum absolute atomic E-state index is 0.000149. The van der Waals surface area contributed by atoms with E-state index in [0.717, 1.165) is 23.5 Å². The van der Waals surface area contributed by atoms with Crippen LogP contribution in [-0.2, 0) is 10.5 Å². The number of carbonyl (C=O) groups excluding carboxylic acids is 1. The number of aromatic nitrogens is 1. The molecule has 1 rings (SSSR count). The second-order valence-electron chi connectivity index (χ2n) is 3.62. The molecule has 4 nitrogen and oxygen atoms in total. The molecule has 17 heavy (non-hydrogen) atoms. The molecule has 2 N–H and O–H groups in total. The van der Waals surface area contributed by atoms with Gasteiger partial charge in [-0.15, -0.1) is 0 Å². The van der Waals surface area contributed by atoms with Crippen molar-refractivity contribution in [2.75, 3.05) is 17.7 Å². The number of nitrogens with one attached hydrogen (secondary N) is 1. The van der Waals surface area contributed by atoms with E-state index in [1.54, 1.807) is 18.0 Å². The van der Waals surface area contributed by atoms with Crippen molar-refractivity contribution in [1.29, 1.82) is 0 Å². The molecule has 0 bridgehead atoms. The molecular weight excluding hydrogens is 236 g/mol. The van der Waals surface area contributed by atoms with Crippen molar-refractivity contribution in [1.82, 2.24) is 4.98 Å². The molecule has 94 valence electrons. The van der Waals surface area contributed by atoms with Crippen molar-refractivity contribution < 1.29 is 9.90 Å². The highest BCUT2D eigenvalue weighted by Crippen LogP contribution is 2.14. The predicted octanol–water partition coefficient (Wildman–Crippen LogP) is 2.05. The summed E-state index contributed by atoms with van der Waals surface area (Å²) in [6.45, 7) is 2.16. The van der Waals surface area contributed by atoms with Crippen LogP contribution in [0.2, 0.25) is 0 Å². The third-order valence-electron chi connectivity index (χ3n) is 2.07. The Labute approximate surface area is 106 Å². The minimum Gasteiger partial charge on any atom is -0.396 e. The van der Waals surface area contributed by atoms with Crippen molar-refractivity contribution >= 4 is 23.5 Å². The van der Waals surface area contributed by atoms with E-state index in [1.807, 2.05) is 19.1 Å². The number of carbonyl (C=O) groups is 1. The van der Waals surface area contributed by atoms with Gasteiger partial charge in [0, 0.05) is 24.1 Å². The largest absolute Gasteiger partial charge is 0.396 e. The Morgan fingerprint density at radius 3 is 3.12 bits per heavy atom.